The second-order valence-electron chi connectivity index (χ2n) is 6.01. The first-order valence-corrected chi connectivity index (χ1v) is 7.90. The fraction of sp³-hybridized carbons (Fsp3) is 0.562. The Morgan fingerprint density at radius 1 is 1.48 bits per heavy atom. The van der Waals surface area contributed by atoms with Crippen LogP contribution in [0.3, 0.4) is 0 Å². The van der Waals surface area contributed by atoms with E-state index in [0.29, 0.717) is 18.8 Å². The second kappa shape index (κ2) is 6.54. The summed E-state index contributed by atoms with van der Waals surface area (Å²) in [4.78, 5) is 19.1. The van der Waals surface area contributed by atoms with E-state index in [9.17, 15) is 4.79 Å². The van der Waals surface area contributed by atoms with Gasteiger partial charge >= 0.3 is 0 Å². The Hall–Kier alpha value is -2.15. The number of piperidine rings is 1. The van der Waals surface area contributed by atoms with Crippen LogP contribution >= 0.6 is 0 Å². The Balaban J connectivity index is 1.80. The molecule has 3 heterocycles. The van der Waals surface area contributed by atoms with Gasteiger partial charge in [-0.25, -0.2) is 4.98 Å². The van der Waals surface area contributed by atoms with Gasteiger partial charge in [0.05, 0.1) is 6.04 Å². The van der Waals surface area contributed by atoms with Crippen LogP contribution in [0.1, 0.15) is 40.9 Å². The van der Waals surface area contributed by atoms with Crippen LogP contribution in [0.5, 0.6) is 0 Å². The quantitative estimate of drug-likeness (QED) is 0.858. The number of carbonyl (C=O) groups is 1. The number of aromatic nitrogens is 4. The molecule has 3 rings (SSSR count). The van der Waals surface area contributed by atoms with Gasteiger partial charge in [-0.2, -0.15) is 5.10 Å². The number of carbonyl (C=O) groups excluding carboxylic acids is 1. The van der Waals surface area contributed by atoms with Crippen molar-refractivity contribution in [3.05, 3.63) is 35.7 Å². The molecule has 0 aliphatic carbocycles. The zero-order valence-corrected chi connectivity index (χ0v) is 13.9. The molecule has 1 aliphatic rings. The minimum Gasteiger partial charge on any atom is -0.377 e. The van der Waals surface area contributed by atoms with Gasteiger partial charge in [-0.3, -0.25) is 9.48 Å². The van der Waals surface area contributed by atoms with E-state index in [1.165, 1.54) is 0 Å². The summed E-state index contributed by atoms with van der Waals surface area (Å²) >= 11 is 0. The van der Waals surface area contributed by atoms with Crippen molar-refractivity contribution in [3.8, 4) is 0 Å². The van der Waals surface area contributed by atoms with E-state index in [-0.39, 0.29) is 11.9 Å². The molecule has 1 unspecified atom stereocenters. The van der Waals surface area contributed by atoms with Crippen molar-refractivity contribution in [2.24, 2.45) is 7.05 Å². The number of nitrogens with zero attached hydrogens (tertiary/aromatic N) is 5. The van der Waals surface area contributed by atoms with E-state index in [4.69, 9.17) is 4.74 Å². The highest BCUT2D eigenvalue weighted by atomic mass is 16.5. The summed E-state index contributed by atoms with van der Waals surface area (Å²) in [5, 5.41) is 4.09. The maximum atomic E-state index is 12.7. The Bertz CT molecular complexity index is 690. The lowest BCUT2D eigenvalue weighted by Gasteiger charge is -2.34. The van der Waals surface area contributed by atoms with Crippen LogP contribution in [0.2, 0.25) is 0 Å². The molecule has 1 fully saturated rings. The third-order valence-corrected chi connectivity index (χ3v) is 4.42. The van der Waals surface area contributed by atoms with Crippen LogP contribution in [-0.2, 0) is 18.4 Å². The highest BCUT2D eigenvalue weighted by Crippen LogP contribution is 2.26. The van der Waals surface area contributed by atoms with Gasteiger partial charge in [0, 0.05) is 45.3 Å². The molecular weight excluding hydrogens is 294 g/mol. The standard InChI is InChI=1S/C16H23N5O2/c1-12-9-17-15(11-23-3)21(12)13-5-4-8-20(10-13)16(22)14-6-7-18-19(14)2/h6-7,9,13H,4-5,8,10-11H2,1-3H3. The molecule has 0 spiro atoms. The molecule has 0 radical (unpaired) electrons. The van der Waals surface area contributed by atoms with E-state index in [0.717, 1.165) is 30.9 Å². The van der Waals surface area contributed by atoms with Crippen molar-refractivity contribution in [2.75, 3.05) is 20.2 Å². The molecule has 1 saturated heterocycles. The van der Waals surface area contributed by atoms with Gasteiger partial charge in [0.25, 0.3) is 5.91 Å². The first-order chi connectivity index (χ1) is 11.1. The summed E-state index contributed by atoms with van der Waals surface area (Å²) in [6.07, 6.45) is 5.56. The molecule has 7 heteroatoms. The minimum atomic E-state index is 0.0424. The zero-order chi connectivity index (χ0) is 16.4. The molecule has 23 heavy (non-hydrogen) atoms. The Labute approximate surface area is 135 Å². The molecule has 124 valence electrons. The predicted octanol–water partition coefficient (Wildman–Crippen LogP) is 1.55. The van der Waals surface area contributed by atoms with Gasteiger partial charge in [-0.1, -0.05) is 0 Å². The first kappa shape index (κ1) is 15.7. The van der Waals surface area contributed by atoms with E-state index < -0.39 is 0 Å². The summed E-state index contributed by atoms with van der Waals surface area (Å²) in [7, 11) is 3.47. The number of methoxy groups -OCH3 is 1. The average molecular weight is 317 g/mol. The highest BCUT2D eigenvalue weighted by molar-refractivity contribution is 5.92. The molecule has 2 aromatic rings. The summed E-state index contributed by atoms with van der Waals surface area (Å²) in [6, 6.07) is 2.01. The van der Waals surface area contributed by atoms with Crippen molar-refractivity contribution in [1.82, 2.24) is 24.2 Å². The van der Waals surface area contributed by atoms with Gasteiger partial charge in [0.1, 0.15) is 18.1 Å². The molecule has 1 aliphatic heterocycles. The number of hydrogen-bond donors (Lipinski definition) is 0. The lowest BCUT2D eigenvalue weighted by Crippen LogP contribution is -2.41. The van der Waals surface area contributed by atoms with Crippen LogP contribution in [-0.4, -0.2) is 50.3 Å². The fourth-order valence-electron chi connectivity index (χ4n) is 3.33. The molecule has 2 aromatic heterocycles. The molecule has 0 saturated carbocycles. The van der Waals surface area contributed by atoms with Gasteiger partial charge < -0.3 is 14.2 Å². The van der Waals surface area contributed by atoms with Crippen molar-refractivity contribution < 1.29 is 9.53 Å². The summed E-state index contributed by atoms with van der Waals surface area (Å²) in [6.45, 7) is 4.01. The zero-order valence-electron chi connectivity index (χ0n) is 13.9. The second-order valence-corrected chi connectivity index (χ2v) is 6.01. The Kier molecular flexibility index (Phi) is 4.47. The fourth-order valence-corrected chi connectivity index (χ4v) is 3.33. The van der Waals surface area contributed by atoms with Crippen LogP contribution in [0.4, 0.5) is 0 Å². The Morgan fingerprint density at radius 2 is 2.30 bits per heavy atom. The maximum absolute atomic E-state index is 12.7. The number of likely N-dealkylation sites (tertiary alicyclic amines) is 1. The monoisotopic (exact) mass is 317 g/mol. The van der Waals surface area contributed by atoms with E-state index in [2.05, 4.69) is 14.6 Å². The molecule has 1 atom stereocenters. The third-order valence-electron chi connectivity index (χ3n) is 4.42. The number of rotatable bonds is 4. The average Bonchev–Trinajstić information content (AvgIpc) is 3.13. The van der Waals surface area contributed by atoms with Crippen LogP contribution < -0.4 is 0 Å². The first-order valence-electron chi connectivity index (χ1n) is 7.90. The number of amides is 1. The van der Waals surface area contributed by atoms with Crippen molar-refractivity contribution in [1.29, 1.82) is 0 Å². The van der Waals surface area contributed by atoms with Gasteiger partial charge in [0.2, 0.25) is 0 Å². The summed E-state index contributed by atoms with van der Waals surface area (Å²) < 4.78 is 9.09. The third kappa shape index (κ3) is 3.01. The summed E-state index contributed by atoms with van der Waals surface area (Å²) in [5.41, 5.74) is 1.74. The Morgan fingerprint density at radius 3 is 3.00 bits per heavy atom. The summed E-state index contributed by atoms with van der Waals surface area (Å²) in [5.74, 6) is 0.964. The molecular formula is C16H23N5O2. The van der Waals surface area contributed by atoms with E-state index in [1.54, 1.807) is 31.1 Å². The number of imidazole rings is 1. The van der Waals surface area contributed by atoms with Crippen molar-refractivity contribution in [2.45, 2.75) is 32.4 Å². The van der Waals surface area contributed by atoms with Crippen molar-refractivity contribution >= 4 is 5.91 Å². The maximum Gasteiger partial charge on any atom is 0.272 e. The minimum absolute atomic E-state index is 0.0424. The molecule has 0 N–H and O–H groups in total. The van der Waals surface area contributed by atoms with Crippen molar-refractivity contribution in [3.63, 3.8) is 0 Å². The topological polar surface area (TPSA) is 65.2 Å². The lowest BCUT2D eigenvalue weighted by molar-refractivity contribution is 0.0661. The molecule has 0 bridgehead atoms. The largest absolute Gasteiger partial charge is 0.377 e. The van der Waals surface area contributed by atoms with Crippen LogP contribution in [0.15, 0.2) is 18.5 Å². The molecule has 0 aromatic carbocycles. The molecule has 1 amide bonds. The van der Waals surface area contributed by atoms with Gasteiger partial charge in [-0.15, -0.1) is 0 Å². The number of ether oxygens (including phenoxy) is 1. The normalized spacial score (nSPS) is 18.4. The number of hydrogen-bond acceptors (Lipinski definition) is 4. The number of aryl methyl sites for hydroxylation is 2. The van der Waals surface area contributed by atoms with E-state index in [1.807, 2.05) is 18.0 Å². The van der Waals surface area contributed by atoms with Gasteiger partial charge in [0.15, 0.2) is 0 Å². The SMILES string of the molecule is COCc1ncc(C)n1C1CCCN(C(=O)c2ccnn2C)C1. The van der Waals surface area contributed by atoms with E-state index >= 15 is 0 Å². The smallest absolute Gasteiger partial charge is 0.272 e. The molecule has 7 nitrogen and oxygen atoms in total. The lowest BCUT2D eigenvalue weighted by atomic mass is 10.0. The van der Waals surface area contributed by atoms with Crippen LogP contribution in [0.25, 0.3) is 0 Å². The van der Waals surface area contributed by atoms with Gasteiger partial charge in [-0.05, 0) is 25.8 Å². The highest BCUT2D eigenvalue weighted by Gasteiger charge is 2.28. The predicted molar refractivity (Wildman–Crippen MR) is 85.1 cm³/mol. The van der Waals surface area contributed by atoms with Crippen LogP contribution in [0, 0.1) is 6.92 Å².